The molecule has 0 aromatic carbocycles. The van der Waals surface area contributed by atoms with Crippen LogP contribution in [0.25, 0.3) is 0 Å². The van der Waals surface area contributed by atoms with Gasteiger partial charge < -0.3 is 9.84 Å². The van der Waals surface area contributed by atoms with Crippen LogP contribution in [0, 0.1) is 0 Å². The van der Waals surface area contributed by atoms with Gasteiger partial charge in [-0.2, -0.15) is 0 Å². The van der Waals surface area contributed by atoms with Crippen molar-refractivity contribution in [2.75, 3.05) is 6.61 Å². The van der Waals surface area contributed by atoms with Crippen LogP contribution in [-0.2, 0) is 9.53 Å². The van der Waals surface area contributed by atoms with E-state index in [-0.39, 0.29) is 12.6 Å². The van der Waals surface area contributed by atoms with Crippen molar-refractivity contribution in [1.29, 1.82) is 0 Å². The van der Waals surface area contributed by atoms with Gasteiger partial charge in [-0.15, -0.1) is 0 Å². The Morgan fingerprint density at radius 1 is 0.750 bits per heavy atom. The van der Waals surface area contributed by atoms with Gasteiger partial charge in [-0.05, 0) is 51.9 Å². The normalized spacial score (nSPS) is 14.0. The van der Waals surface area contributed by atoms with Crippen LogP contribution in [0.3, 0.4) is 0 Å². The minimum absolute atomic E-state index is 0.0720. The molecule has 28 heavy (non-hydrogen) atoms. The average molecular weight is 387 g/mol. The van der Waals surface area contributed by atoms with E-state index in [4.69, 9.17) is 9.84 Å². The van der Waals surface area contributed by atoms with Crippen LogP contribution in [0.2, 0.25) is 0 Å². The Kier molecular flexibility index (Phi) is 19.6. The first kappa shape index (κ1) is 25.9. The van der Waals surface area contributed by atoms with Gasteiger partial charge in [-0.1, -0.05) is 79.8 Å². The zero-order valence-corrected chi connectivity index (χ0v) is 17.6. The predicted octanol–water partition coefficient (Wildman–Crippen LogP) is 6.39. The van der Waals surface area contributed by atoms with Gasteiger partial charge in [-0.25, -0.2) is 0 Å². The summed E-state index contributed by atoms with van der Waals surface area (Å²) in [5.41, 5.74) is 0. The van der Waals surface area contributed by atoms with Crippen molar-refractivity contribution >= 4 is 5.97 Å². The van der Waals surface area contributed by atoms with Crippen molar-refractivity contribution in [2.24, 2.45) is 0 Å². The van der Waals surface area contributed by atoms with Crippen LogP contribution in [-0.4, -0.2) is 23.8 Å². The van der Waals surface area contributed by atoms with E-state index in [0.29, 0.717) is 12.8 Å². The monoisotopic (exact) mass is 386 g/mol. The van der Waals surface area contributed by atoms with Gasteiger partial charge in [0.1, 0.15) is 6.61 Å². The van der Waals surface area contributed by atoms with Crippen LogP contribution in [0.1, 0.15) is 65.2 Å². The molecule has 0 saturated carbocycles. The van der Waals surface area contributed by atoms with E-state index >= 15 is 0 Å². The van der Waals surface area contributed by atoms with E-state index in [1.165, 1.54) is 0 Å². The highest BCUT2D eigenvalue weighted by Gasteiger charge is 2.02. The molecule has 0 saturated heterocycles. The van der Waals surface area contributed by atoms with Crippen molar-refractivity contribution in [2.45, 2.75) is 71.3 Å². The third-order valence-electron chi connectivity index (χ3n) is 3.60. The molecule has 0 aliphatic rings. The lowest BCUT2D eigenvalue weighted by Gasteiger charge is -2.05. The maximum absolute atomic E-state index is 11.3. The van der Waals surface area contributed by atoms with Crippen molar-refractivity contribution in [1.82, 2.24) is 0 Å². The highest BCUT2D eigenvalue weighted by molar-refractivity contribution is 5.69. The molecule has 0 aromatic heterocycles. The van der Waals surface area contributed by atoms with Gasteiger partial charge in [0.05, 0.1) is 6.10 Å². The average Bonchev–Trinajstić information content (AvgIpc) is 2.68. The fraction of sp³-hybridized carbons (Fsp3) is 0.480. The Hall–Kier alpha value is -2.13. The summed E-state index contributed by atoms with van der Waals surface area (Å²) in [5.74, 6) is -0.263. The highest BCUT2D eigenvalue weighted by Crippen LogP contribution is 1.99. The second-order valence-electron chi connectivity index (χ2n) is 6.49. The molecule has 0 rings (SSSR count). The van der Waals surface area contributed by atoms with Gasteiger partial charge in [0.2, 0.25) is 0 Å². The number of hydrogen-bond acceptors (Lipinski definition) is 3. The van der Waals surface area contributed by atoms with Crippen LogP contribution in [0.4, 0.5) is 0 Å². The summed E-state index contributed by atoms with van der Waals surface area (Å²) in [6.45, 7) is 3.82. The Bertz CT molecular complexity index is 534. The second-order valence-corrected chi connectivity index (χ2v) is 6.49. The molecule has 156 valence electrons. The first-order valence-electron chi connectivity index (χ1n) is 10.4. The fourth-order valence-electron chi connectivity index (χ4n) is 2.13. The summed E-state index contributed by atoms with van der Waals surface area (Å²) >= 11 is 0. The zero-order valence-electron chi connectivity index (χ0n) is 17.6. The molecular formula is C25H38O3. The largest absolute Gasteiger partial charge is 0.463 e. The summed E-state index contributed by atoms with van der Waals surface area (Å²) < 4.78 is 4.89. The number of aliphatic hydroxyl groups is 1. The first-order valence-corrected chi connectivity index (χ1v) is 10.4. The topological polar surface area (TPSA) is 46.5 Å². The van der Waals surface area contributed by atoms with E-state index < -0.39 is 6.10 Å². The molecular weight excluding hydrogens is 348 g/mol. The number of aliphatic hydroxyl groups excluding tert-OH is 1. The van der Waals surface area contributed by atoms with E-state index in [1.807, 2.05) is 6.08 Å². The standard InChI is InChI=1S/C25H38O3/c1-3-4-5-6-7-8-9-10-11-12-13-14-15-16-17-18-19-20-21-22-25(27)28-23-24(2)26/h4-5,7-8,10-11,13-14,16-17,19-20,24,26H,3,6,9,12,15,18,21-23H2,1-2H3/b5-4-,8-7-,11-10-,14-13-,17-16-,20-19-. The maximum atomic E-state index is 11.3. The summed E-state index contributed by atoms with van der Waals surface area (Å²) in [6, 6.07) is 0. The van der Waals surface area contributed by atoms with Crippen molar-refractivity contribution in [3.8, 4) is 0 Å². The Balaban J connectivity index is 3.57. The Morgan fingerprint density at radius 3 is 1.54 bits per heavy atom. The smallest absolute Gasteiger partial charge is 0.306 e. The summed E-state index contributed by atoms with van der Waals surface area (Å²) in [6.07, 6.45) is 32.2. The molecule has 0 amide bonds. The molecule has 3 heteroatoms. The summed E-state index contributed by atoms with van der Waals surface area (Å²) in [4.78, 5) is 11.3. The third kappa shape index (κ3) is 21.9. The van der Waals surface area contributed by atoms with Gasteiger partial charge >= 0.3 is 5.97 Å². The van der Waals surface area contributed by atoms with E-state index in [9.17, 15) is 4.79 Å². The first-order chi connectivity index (χ1) is 13.7. The number of carbonyl (C=O) groups is 1. The van der Waals surface area contributed by atoms with Crippen molar-refractivity contribution in [3.05, 3.63) is 72.9 Å². The maximum Gasteiger partial charge on any atom is 0.306 e. The summed E-state index contributed by atoms with van der Waals surface area (Å²) in [5, 5.41) is 9.02. The molecule has 0 aliphatic heterocycles. The number of rotatable bonds is 16. The minimum Gasteiger partial charge on any atom is -0.463 e. The van der Waals surface area contributed by atoms with Crippen molar-refractivity contribution in [3.63, 3.8) is 0 Å². The lowest BCUT2D eigenvalue weighted by molar-refractivity contribution is -0.146. The van der Waals surface area contributed by atoms with E-state index in [1.54, 1.807) is 6.92 Å². The Morgan fingerprint density at radius 2 is 1.14 bits per heavy atom. The van der Waals surface area contributed by atoms with Crippen LogP contribution in [0.15, 0.2) is 72.9 Å². The number of ether oxygens (including phenoxy) is 1. The van der Waals surface area contributed by atoms with Crippen LogP contribution in [0.5, 0.6) is 0 Å². The van der Waals surface area contributed by atoms with Crippen LogP contribution >= 0.6 is 0 Å². The molecule has 0 aromatic rings. The number of allylic oxidation sites excluding steroid dienone is 12. The van der Waals surface area contributed by atoms with Crippen LogP contribution < -0.4 is 0 Å². The lowest BCUT2D eigenvalue weighted by atomic mass is 10.2. The Labute approximate surface area is 171 Å². The second kappa shape index (κ2) is 21.2. The molecule has 0 aliphatic carbocycles. The molecule has 0 radical (unpaired) electrons. The molecule has 1 N–H and O–H groups in total. The SMILES string of the molecule is CC/C=C\C/C=C\C/C=C\C/C=C\C/C=C\C/C=C\CCC(=O)OCC(C)O. The fourth-order valence-corrected chi connectivity index (χ4v) is 2.13. The molecule has 0 fully saturated rings. The zero-order chi connectivity index (χ0) is 20.7. The number of hydrogen-bond donors (Lipinski definition) is 1. The van der Waals surface area contributed by atoms with Gasteiger partial charge in [0, 0.05) is 6.42 Å². The number of esters is 1. The van der Waals surface area contributed by atoms with Gasteiger partial charge in [0.15, 0.2) is 0 Å². The molecule has 1 atom stereocenters. The summed E-state index contributed by atoms with van der Waals surface area (Å²) in [7, 11) is 0. The number of carbonyl (C=O) groups excluding carboxylic acids is 1. The van der Waals surface area contributed by atoms with Gasteiger partial charge in [0.25, 0.3) is 0 Å². The molecule has 0 bridgehead atoms. The molecule has 3 nitrogen and oxygen atoms in total. The lowest BCUT2D eigenvalue weighted by Crippen LogP contribution is -2.14. The minimum atomic E-state index is -0.602. The predicted molar refractivity (Wildman–Crippen MR) is 120 cm³/mol. The molecule has 1 unspecified atom stereocenters. The van der Waals surface area contributed by atoms with E-state index in [0.717, 1.165) is 38.5 Å². The third-order valence-corrected chi connectivity index (χ3v) is 3.60. The van der Waals surface area contributed by atoms with Crippen molar-refractivity contribution < 1.29 is 14.6 Å². The van der Waals surface area contributed by atoms with Gasteiger partial charge in [-0.3, -0.25) is 4.79 Å². The van der Waals surface area contributed by atoms with E-state index in [2.05, 4.69) is 73.8 Å². The highest BCUT2D eigenvalue weighted by atomic mass is 16.5. The molecule has 0 spiro atoms. The molecule has 0 heterocycles. The quantitative estimate of drug-likeness (QED) is 0.247.